The van der Waals surface area contributed by atoms with Crippen molar-refractivity contribution in [3.8, 4) is 0 Å². The number of thioether (sulfide) groups is 1. The monoisotopic (exact) mass is 316 g/mol. The first kappa shape index (κ1) is 15.1. The van der Waals surface area contributed by atoms with E-state index < -0.39 is 0 Å². The molecule has 5 nitrogen and oxygen atoms in total. The molecule has 1 aromatic heterocycles. The molecule has 0 saturated heterocycles. The number of nitrogens with one attached hydrogen (secondary N) is 1. The molecule has 1 unspecified atom stereocenters. The molecule has 3 rings (SSSR count). The van der Waals surface area contributed by atoms with E-state index in [-0.39, 0.29) is 11.9 Å². The van der Waals surface area contributed by atoms with Gasteiger partial charge in [0, 0.05) is 18.2 Å². The van der Waals surface area contributed by atoms with E-state index in [2.05, 4.69) is 28.2 Å². The van der Waals surface area contributed by atoms with Gasteiger partial charge >= 0.3 is 0 Å². The third-order valence-electron chi connectivity index (χ3n) is 3.96. The second-order valence-corrected chi connectivity index (χ2v) is 6.43. The summed E-state index contributed by atoms with van der Waals surface area (Å²) in [5.74, 6) is 1.33. The SMILES string of the molecule is CCc1nc(SCC(=O)N2c3ccccc3CCC2C)n[nH]1. The Kier molecular flexibility index (Phi) is 4.47. The first-order valence-electron chi connectivity index (χ1n) is 7.63. The molecule has 0 fully saturated rings. The number of hydrogen-bond donors (Lipinski definition) is 1. The number of para-hydroxylation sites is 1. The summed E-state index contributed by atoms with van der Waals surface area (Å²) < 4.78 is 0. The minimum atomic E-state index is 0.118. The smallest absolute Gasteiger partial charge is 0.237 e. The molecule has 2 heterocycles. The van der Waals surface area contributed by atoms with Crippen LogP contribution in [0.4, 0.5) is 5.69 Å². The quantitative estimate of drug-likeness (QED) is 0.881. The predicted molar refractivity (Wildman–Crippen MR) is 88.2 cm³/mol. The van der Waals surface area contributed by atoms with Crippen LogP contribution in [0.1, 0.15) is 31.7 Å². The highest BCUT2D eigenvalue weighted by molar-refractivity contribution is 7.99. The predicted octanol–water partition coefficient (Wildman–Crippen LogP) is 2.83. The molecule has 0 saturated carbocycles. The van der Waals surface area contributed by atoms with Crippen LogP contribution >= 0.6 is 11.8 Å². The van der Waals surface area contributed by atoms with Crippen molar-refractivity contribution in [1.82, 2.24) is 15.2 Å². The first-order valence-corrected chi connectivity index (χ1v) is 8.61. The van der Waals surface area contributed by atoms with Crippen LogP contribution < -0.4 is 4.90 Å². The van der Waals surface area contributed by atoms with Gasteiger partial charge in [0.2, 0.25) is 11.1 Å². The zero-order valence-corrected chi connectivity index (χ0v) is 13.7. The average molecular weight is 316 g/mol. The van der Waals surface area contributed by atoms with Crippen LogP contribution in [-0.2, 0) is 17.6 Å². The van der Waals surface area contributed by atoms with Gasteiger partial charge in [-0.05, 0) is 31.4 Å². The van der Waals surface area contributed by atoms with Gasteiger partial charge in [-0.3, -0.25) is 9.89 Å². The minimum absolute atomic E-state index is 0.118. The van der Waals surface area contributed by atoms with Gasteiger partial charge in [-0.25, -0.2) is 4.98 Å². The number of anilines is 1. The number of aromatic nitrogens is 3. The number of amides is 1. The summed E-state index contributed by atoms with van der Waals surface area (Å²) in [5.41, 5.74) is 2.31. The Labute approximate surface area is 134 Å². The highest BCUT2D eigenvalue weighted by Crippen LogP contribution is 2.31. The number of nitrogens with zero attached hydrogens (tertiary/aromatic N) is 3. The second kappa shape index (κ2) is 6.52. The third-order valence-corrected chi connectivity index (χ3v) is 4.79. The highest BCUT2D eigenvalue weighted by atomic mass is 32.2. The molecule has 1 aliphatic rings. The van der Waals surface area contributed by atoms with Crippen LogP contribution in [0.5, 0.6) is 0 Å². The first-order chi connectivity index (χ1) is 10.7. The van der Waals surface area contributed by atoms with E-state index in [0.717, 1.165) is 30.8 Å². The van der Waals surface area contributed by atoms with Crippen LogP contribution in [-0.4, -0.2) is 32.9 Å². The van der Waals surface area contributed by atoms with Gasteiger partial charge in [-0.1, -0.05) is 36.9 Å². The van der Waals surface area contributed by atoms with Crippen molar-refractivity contribution >= 4 is 23.4 Å². The summed E-state index contributed by atoms with van der Waals surface area (Å²) >= 11 is 1.39. The average Bonchev–Trinajstić information content (AvgIpc) is 3.00. The molecule has 116 valence electrons. The summed E-state index contributed by atoms with van der Waals surface area (Å²) in [5, 5.41) is 7.64. The maximum absolute atomic E-state index is 12.7. The lowest BCUT2D eigenvalue weighted by Gasteiger charge is -2.35. The number of aryl methyl sites for hydroxylation is 2. The summed E-state index contributed by atoms with van der Waals surface area (Å²) in [6, 6.07) is 8.41. The number of H-pyrrole nitrogens is 1. The van der Waals surface area contributed by atoms with Gasteiger partial charge in [0.05, 0.1) is 5.75 Å². The van der Waals surface area contributed by atoms with Gasteiger partial charge in [0.1, 0.15) is 5.82 Å². The molecule has 1 atom stereocenters. The molecular formula is C16H20N4OS. The number of hydrogen-bond acceptors (Lipinski definition) is 4. The fourth-order valence-electron chi connectivity index (χ4n) is 2.76. The Balaban J connectivity index is 1.71. The Morgan fingerprint density at radius 1 is 1.45 bits per heavy atom. The van der Waals surface area contributed by atoms with Crippen LogP contribution in [0, 0.1) is 0 Å². The van der Waals surface area contributed by atoms with E-state index in [1.807, 2.05) is 30.0 Å². The Hall–Kier alpha value is -1.82. The van der Waals surface area contributed by atoms with Gasteiger partial charge in [-0.15, -0.1) is 5.10 Å². The van der Waals surface area contributed by atoms with Crippen LogP contribution in [0.25, 0.3) is 0 Å². The van der Waals surface area contributed by atoms with Crippen molar-refractivity contribution < 1.29 is 4.79 Å². The largest absolute Gasteiger partial charge is 0.309 e. The van der Waals surface area contributed by atoms with Crippen molar-refractivity contribution in [2.24, 2.45) is 0 Å². The third kappa shape index (κ3) is 3.02. The summed E-state index contributed by atoms with van der Waals surface area (Å²) in [7, 11) is 0. The molecule has 0 spiro atoms. The number of rotatable bonds is 4. The van der Waals surface area contributed by atoms with Gasteiger partial charge in [0.15, 0.2) is 0 Å². The van der Waals surface area contributed by atoms with Crippen molar-refractivity contribution in [3.05, 3.63) is 35.7 Å². The van der Waals surface area contributed by atoms with Crippen LogP contribution in [0.2, 0.25) is 0 Å². The second-order valence-electron chi connectivity index (χ2n) is 5.49. The lowest BCUT2D eigenvalue weighted by Crippen LogP contribution is -2.43. The van der Waals surface area contributed by atoms with Crippen LogP contribution in [0.3, 0.4) is 0 Å². The molecule has 1 aliphatic heterocycles. The zero-order valence-electron chi connectivity index (χ0n) is 12.9. The standard InChI is InChI=1S/C16H20N4OS/c1-3-14-17-16(19-18-14)22-10-15(21)20-11(2)8-9-12-6-4-5-7-13(12)20/h4-7,11H,3,8-10H2,1-2H3,(H,17,18,19). The van der Waals surface area contributed by atoms with Crippen molar-refractivity contribution in [3.63, 3.8) is 0 Å². The molecule has 1 aromatic carbocycles. The van der Waals surface area contributed by atoms with Crippen molar-refractivity contribution in [2.75, 3.05) is 10.7 Å². The number of fused-ring (bicyclic) bond motifs is 1. The highest BCUT2D eigenvalue weighted by Gasteiger charge is 2.27. The number of carbonyl (C=O) groups excluding carboxylic acids is 1. The Morgan fingerprint density at radius 3 is 3.05 bits per heavy atom. The molecule has 0 bridgehead atoms. The van der Waals surface area contributed by atoms with Gasteiger partial charge < -0.3 is 4.90 Å². The van der Waals surface area contributed by atoms with E-state index in [9.17, 15) is 4.79 Å². The normalized spacial score (nSPS) is 17.4. The van der Waals surface area contributed by atoms with Crippen LogP contribution in [0.15, 0.2) is 29.4 Å². The summed E-state index contributed by atoms with van der Waals surface area (Å²) in [6.45, 7) is 4.13. The molecule has 1 amide bonds. The molecule has 0 aliphatic carbocycles. The molecule has 1 N–H and O–H groups in total. The fraction of sp³-hybridized carbons (Fsp3) is 0.438. The van der Waals surface area contributed by atoms with Gasteiger partial charge in [-0.2, -0.15) is 0 Å². The maximum atomic E-state index is 12.7. The van der Waals surface area contributed by atoms with E-state index in [4.69, 9.17) is 0 Å². The summed E-state index contributed by atoms with van der Waals surface area (Å²) in [6.07, 6.45) is 2.86. The minimum Gasteiger partial charge on any atom is -0.309 e. The molecule has 2 aromatic rings. The van der Waals surface area contributed by atoms with E-state index in [0.29, 0.717) is 10.9 Å². The zero-order chi connectivity index (χ0) is 15.5. The summed E-state index contributed by atoms with van der Waals surface area (Å²) in [4.78, 5) is 18.9. The number of benzene rings is 1. The van der Waals surface area contributed by atoms with E-state index in [1.54, 1.807) is 0 Å². The van der Waals surface area contributed by atoms with Crippen molar-refractivity contribution in [2.45, 2.75) is 44.3 Å². The lowest BCUT2D eigenvalue weighted by molar-refractivity contribution is -0.116. The van der Waals surface area contributed by atoms with Crippen molar-refractivity contribution in [1.29, 1.82) is 0 Å². The lowest BCUT2D eigenvalue weighted by atomic mass is 9.97. The molecule has 22 heavy (non-hydrogen) atoms. The van der Waals surface area contributed by atoms with E-state index >= 15 is 0 Å². The maximum Gasteiger partial charge on any atom is 0.237 e. The Morgan fingerprint density at radius 2 is 2.27 bits per heavy atom. The number of aromatic amines is 1. The molecule has 6 heteroatoms. The number of carbonyl (C=O) groups is 1. The topological polar surface area (TPSA) is 61.9 Å². The molecular weight excluding hydrogens is 296 g/mol. The van der Waals surface area contributed by atoms with Gasteiger partial charge in [0.25, 0.3) is 0 Å². The molecule has 0 radical (unpaired) electrons. The van der Waals surface area contributed by atoms with E-state index in [1.165, 1.54) is 17.3 Å². The fourth-order valence-corrected chi connectivity index (χ4v) is 3.44. The Bertz CT molecular complexity index is 670.